The zero-order valence-corrected chi connectivity index (χ0v) is 15.5. The Balaban J connectivity index is 1.91. The molecule has 0 amide bonds. The fraction of sp³-hybridized carbons (Fsp3) is 0.500. The SMILES string of the molecule is CCCCN(C)c1cnnc(NCCc2ccc(OC)c(OC)c2)n1. The van der Waals surface area contributed by atoms with Crippen LogP contribution in [0, 0.1) is 0 Å². The summed E-state index contributed by atoms with van der Waals surface area (Å²) in [7, 11) is 5.29. The van der Waals surface area contributed by atoms with Crippen molar-refractivity contribution in [2.75, 3.05) is 44.6 Å². The summed E-state index contributed by atoms with van der Waals surface area (Å²) in [4.78, 5) is 6.61. The third-order valence-corrected chi connectivity index (χ3v) is 3.93. The van der Waals surface area contributed by atoms with Gasteiger partial charge in [-0.25, -0.2) is 0 Å². The fourth-order valence-electron chi connectivity index (χ4n) is 2.42. The summed E-state index contributed by atoms with van der Waals surface area (Å²) in [6.07, 6.45) is 4.79. The Morgan fingerprint density at radius 3 is 2.68 bits per heavy atom. The molecule has 0 radical (unpaired) electrons. The van der Waals surface area contributed by atoms with E-state index < -0.39 is 0 Å². The molecule has 0 unspecified atom stereocenters. The van der Waals surface area contributed by atoms with Crippen LogP contribution in [-0.2, 0) is 6.42 Å². The molecule has 0 aliphatic carbocycles. The lowest BCUT2D eigenvalue weighted by Crippen LogP contribution is -2.21. The van der Waals surface area contributed by atoms with Gasteiger partial charge < -0.3 is 19.7 Å². The Morgan fingerprint density at radius 1 is 1.16 bits per heavy atom. The third-order valence-electron chi connectivity index (χ3n) is 3.93. The lowest BCUT2D eigenvalue weighted by Gasteiger charge is -2.17. The van der Waals surface area contributed by atoms with Gasteiger partial charge in [-0.15, -0.1) is 5.10 Å². The van der Waals surface area contributed by atoms with E-state index in [-0.39, 0.29) is 0 Å². The number of unbranched alkanes of at least 4 members (excludes halogenated alkanes) is 1. The molecule has 0 saturated carbocycles. The fourth-order valence-corrected chi connectivity index (χ4v) is 2.42. The van der Waals surface area contributed by atoms with Gasteiger partial charge in [0.2, 0.25) is 5.95 Å². The van der Waals surface area contributed by atoms with Gasteiger partial charge in [-0.1, -0.05) is 19.4 Å². The topological polar surface area (TPSA) is 72.4 Å². The summed E-state index contributed by atoms with van der Waals surface area (Å²) in [6.45, 7) is 3.84. The molecule has 7 nitrogen and oxygen atoms in total. The van der Waals surface area contributed by atoms with Gasteiger partial charge in [-0.05, 0) is 30.5 Å². The molecular formula is C18H27N5O2. The molecule has 7 heteroatoms. The van der Waals surface area contributed by atoms with Crippen LogP contribution in [0.3, 0.4) is 0 Å². The highest BCUT2D eigenvalue weighted by Crippen LogP contribution is 2.27. The minimum absolute atomic E-state index is 0.543. The van der Waals surface area contributed by atoms with Crippen LogP contribution in [0.15, 0.2) is 24.4 Å². The molecular weight excluding hydrogens is 318 g/mol. The third kappa shape index (κ3) is 5.48. The van der Waals surface area contributed by atoms with E-state index in [1.165, 1.54) is 0 Å². The van der Waals surface area contributed by atoms with Gasteiger partial charge in [0.15, 0.2) is 17.3 Å². The van der Waals surface area contributed by atoms with Crippen molar-refractivity contribution in [1.29, 1.82) is 0 Å². The van der Waals surface area contributed by atoms with E-state index in [2.05, 4.69) is 32.3 Å². The second kappa shape index (κ2) is 9.66. The van der Waals surface area contributed by atoms with E-state index in [0.29, 0.717) is 12.5 Å². The molecule has 136 valence electrons. The molecule has 0 spiro atoms. The van der Waals surface area contributed by atoms with Crippen LogP contribution in [-0.4, -0.2) is 49.5 Å². The first kappa shape index (κ1) is 18.8. The lowest BCUT2D eigenvalue weighted by molar-refractivity contribution is 0.354. The van der Waals surface area contributed by atoms with E-state index >= 15 is 0 Å². The minimum Gasteiger partial charge on any atom is -0.493 e. The maximum atomic E-state index is 5.33. The summed E-state index contributed by atoms with van der Waals surface area (Å²) >= 11 is 0. The normalized spacial score (nSPS) is 10.4. The van der Waals surface area contributed by atoms with Crippen LogP contribution in [0.2, 0.25) is 0 Å². The number of nitrogens with one attached hydrogen (secondary N) is 1. The summed E-state index contributed by atoms with van der Waals surface area (Å²) in [5.74, 6) is 2.84. The van der Waals surface area contributed by atoms with Crippen LogP contribution >= 0.6 is 0 Å². The van der Waals surface area contributed by atoms with Crippen molar-refractivity contribution in [3.63, 3.8) is 0 Å². The zero-order chi connectivity index (χ0) is 18.1. The Hall–Kier alpha value is -2.57. The Labute approximate surface area is 149 Å². The van der Waals surface area contributed by atoms with Gasteiger partial charge in [-0.3, -0.25) is 0 Å². The highest BCUT2D eigenvalue weighted by Gasteiger charge is 2.07. The van der Waals surface area contributed by atoms with E-state index in [1.807, 2.05) is 25.2 Å². The molecule has 25 heavy (non-hydrogen) atoms. The number of aromatic nitrogens is 3. The molecule has 0 aliphatic heterocycles. The predicted molar refractivity (Wildman–Crippen MR) is 99.7 cm³/mol. The summed E-state index contributed by atoms with van der Waals surface area (Å²) in [5, 5.41) is 11.3. The van der Waals surface area contributed by atoms with Gasteiger partial charge in [0.05, 0.1) is 20.4 Å². The van der Waals surface area contributed by atoms with Crippen molar-refractivity contribution in [3.05, 3.63) is 30.0 Å². The first-order valence-corrected chi connectivity index (χ1v) is 8.53. The monoisotopic (exact) mass is 345 g/mol. The predicted octanol–water partition coefficient (Wildman–Crippen LogP) is 2.78. The number of hydrogen-bond acceptors (Lipinski definition) is 7. The number of methoxy groups -OCH3 is 2. The van der Waals surface area contributed by atoms with E-state index in [1.54, 1.807) is 20.4 Å². The van der Waals surface area contributed by atoms with Crippen molar-refractivity contribution >= 4 is 11.8 Å². The molecule has 2 aromatic rings. The number of nitrogens with zero attached hydrogens (tertiary/aromatic N) is 4. The maximum Gasteiger partial charge on any atom is 0.244 e. The van der Waals surface area contributed by atoms with Crippen molar-refractivity contribution < 1.29 is 9.47 Å². The summed E-state index contributed by atoms with van der Waals surface area (Å²) in [6, 6.07) is 5.92. The molecule has 0 aliphatic rings. The quantitative estimate of drug-likeness (QED) is 0.710. The molecule has 0 fully saturated rings. The van der Waals surface area contributed by atoms with Crippen molar-refractivity contribution in [2.24, 2.45) is 0 Å². The first-order valence-electron chi connectivity index (χ1n) is 8.53. The largest absolute Gasteiger partial charge is 0.493 e. The average Bonchev–Trinajstić information content (AvgIpc) is 2.66. The molecule has 1 aromatic heterocycles. The standard InChI is InChI=1S/C18H27N5O2/c1-5-6-11-23(2)17-13-20-22-18(21-17)19-10-9-14-7-8-15(24-3)16(12-14)25-4/h7-8,12-13H,5-6,9-11H2,1-4H3,(H,19,21,22). The van der Waals surface area contributed by atoms with Crippen molar-refractivity contribution in [2.45, 2.75) is 26.2 Å². The van der Waals surface area contributed by atoms with Crippen molar-refractivity contribution in [1.82, 2.24) is 15.2 Å². The molecule has 1 N–H and O–H groups in total. The van der Waals surface area contributed by atoms with E-state index in [0.717, 1.165) is 48.7 Å². The number of rotatable bonds is 10. The van der Waals surface area contributed by atoms with E-state index in [4.69, 9.17) is 9.47 Å². The van der Waals surface area contributed by atoms with Gasteiger partial charge >= 0.3 is 0 Å². The van der Waals surface area contributed by atoms with E-state index in [9.17, 15) is 0 Å². The van der Waals surface area contributed by atoms with Gasteiger partial charge in [0, 0.05) is 20.1 Å². The molecule has 1 aromatic carbocycles. The second-order valence-corrected chi connectivity index (χ2v) is 5.78. The Kier molecular flexibility index (Phi) is 7.25. The Morgan fingerprint density at radius 2 is 1.96 bits per heavy atom. The summed E-state index contributed by atoms with van der Waals surface area (Å²) < 4.78 is 10.6. The van der Waals surface area contributed by atoms with Crippen molar-refractivity contribution in [3.8, 4) is 11.5 Å². The molecule has 0 bridgehead atoms. The van der Waals surface area contributed by atoms with Gasteiger partial charge in [-0.2, -0.15) is 10.1 Å². The van der Waals surface area contributed by atoms with Crippen LogP contribution in [0.25, 0.3) is 0 Å². The Bertz CT molecular complexity index is 666. The number of benzene rings is 1. The molecule has 0 atom stereocenters. The average molecular weight is 345 g/mol. The van der Waals surface area contributed by atoms with Crippen LogP contribution < -0.4 is 19.7 Å². The van der Waals surface area contributed by atoms with Crippen LogP contribution in [0.5, 0.6) is 11.5 Å². The highest BCUT2D eigenvalue weighted by molar-refractivity contribution is 5.43. The maximum absolute atomic E-state index is 5.33. The number of anilines is 2. The van der Waals surface area contributed by atoms with Crippen LogP contribution in [0.1, 0.15) is 25.3 Å². The van der Waals surface area contributed by atoms with Gasteiger partial charge in [0.25, 0.3) is 0 Å². The molecule has 2 rings (SSSR count). The molecule has 0 saturated heterocycles. The second-order valence-electron chi connectivity index (χ2n) is 5.78. The summed E-state index contributed by atoms with van der Waals surface area (Å²) in [5.41, 5.74) is 1.15. The smallest absolute Gasteiger partial charge is 0.244 e. The van der Waals surface area contributed by atoms with Gasteiger partial charge in [0.1, 0.15) is 0 Å². The first-order chi connectivity index (χ1) is 12.2. The highest BCUT2D eigenvalue weighted by atomic mass is 16.5. The lowest BCUT2D eigenvalue weighted by atomic mass is 10.1. The number of ether oxygens (including phenoxy) is 2. The minimum atomic E-state index is 0.543. The zero-order valence-electron chi connectivity index (χ0n) is 15.5. The number of hydrogen-bond donors (Lipinski definition) is 1. The van der Waals surface area contributed by atoms with Crippen LogP contribution in [0.4, 0.5) is 11.8 Å². The molecule has 1 heterocycles.